The highest BCUT2D eigenvalue weighted by Crippen LogP contribution is 2.23. The van der Waals surface area contributed by atoms with Crippen LogP contribution in [-0.4, -0.2) is 13.1 Å². The molecular formula is C15H15ClN2O2. The van der Waals surface area contributed by atoms with Crippen LogP contribution in [0.5, 0.6) is 0 Å². The van der Waals surface area contributed by atoms with E-state index in [9.17, 15) is 4.79 Å². The van der Waals surface area contributed by atoms with Crippen molar-refractivity contribution in [1.82, 2.24) is 0 Å². The number of halogens is 1. The van der Waals surface area contributed by atoms with Crippen molar-refractivity contribution >= 4 is 28.9 Å². The molecule has 0 heterocycles. The van der Waals surface area contributed by atoms with E-state index in [0.717, 1.165) is 11.3 Å². The van der Waals surface area contributed by atoms with Crippen LogP contribution in [0.4, 0.5) is 11.4 Å². The first-order chi connectivity index (χ1) is 9.60. The number of methoxy groups -OCH3 is 1. The predicted octanol–water partition coefficient (Wildman–Crippen LogP) is 3.32. The van der Waals surface area contributed by atoms with E-state index in [1.807, 2.05) is 18.2 Å². The summed E-state index contributed by atoms with van der Waals surface area (Å²) in [5, 5.41) is 3.80. The maximum absolute atomic E-state index is 11.5. The maximum Gasteiger partial charge on any atom is 0.337 e. The average Bonchev–Trinajstić information content (AvgIpc) is 2.46. The number of esters is 1. The van der Waals surface area contributed by atoms with Crippen molar-refractivity contribution in [2.45, 2.75) is 6.54 Å². The Morgan fingerprint density at radius 2 is 2.10 bits per heavy atom. The van der Waals surface area contributed by atoms with E-state index in [-0.39, 0.29) is 5.97 Å². The van der Waals surface area contributed by atoms with Gasteiger partial charge in [0.05, 0.1) is 24.0 Å². The third kappa shape index (κ3) is 3.42. The molecule has 3 N–H and O–H groups in total. The number of ether oxygens (including phenoxy) is 1. The van der Waals surface area contributed by atoms with Crippen molar-refractivity contribution in [3.8, 4) is 0 Å². The zero-order valence-electron chi connectivity index (χ0n) is 11.0. The van der Waals surface area contributed by atoms with Crippen molar-refractivity contribution in [3.63, 3.8) is 0 Å². The Balaban J connectivity index is 2.09. The number of hydrogen-bond donors (Lipinski definition) is 2. The minimum absolute atomic E-state index is 0.349. The molecule has 0 saturated heterocycles. The van der Waals surface area contributed by atoms with Gasteiger partial charge in [0, 0.05) is 11.6 Å². The molecule has 0 bridgehead atoms. The molecule has 0 aromatic heterocycles. The number of nitrogen functional groups attached to an aromatic ring is 1. The Morgan fingerprint density at radius 3 is 2.80 bits per heavy atom. The molecular weight excluding hydrogens is 276 g/mol. The lowest BCUT2D eigenvalue weighted by Gasteiger charge is -2.10. The van der Waals surface area contributed by atoms with Crippen LogP contribution in [0.15, 0.2) is 42.5 Å². The highest BCUT2D eigenvalue weighted by Gasteiger charge is 2.06. The first-order valence-electron chi connectivity index (χ1n) is 6.06. The van der Waals surface area contributed by atoms with Gasteiger partial charge in [-0.05, 0) is 35.9 Å². The Bertz CT molecular complexity index is 629. The standard InChI is InChI=1S/C15H15ClN2O2/c1-20-15(19)11-4-2-3-10(7-11)9-18-14-6-5-12(16)8-13(14)17/h2-8,18H,9,17H2,1H3. The summed E-state index contributed by atoms with van der Waals surface area (Å²) in [5.74, 6) is -0.349. The van der Waals surface area contributed by atoms with Gasteiger partial charge in [0.25, 0.3) is 0 Å². The van der Waals surface area contributed by atoms with Crippen molar-refractivity contribution in [3.05, 3.63) is 58.6 Å². The smallest absolute Gasteiger partial charge is 0.337 e. The molecule has 5 heteroatoms. The van der Waals surface area contributed by atoms with Gasteiger partial charge in [0.2, 0.25) is 0 Å². The van der Waals surface area contributed by atoms with E-state index in [1.165, 1.54) is 7.11 Å². The molecule has 0 atom stereocenters. The molecule has 0 aliphatic rings. The number of carbonyl (C=O) groups is 1. The first-order valence-corrected chi connectivity index (χ1v) is 6.44. The summed E-state index contributed by atoms with van der Waals surface area (Å²) in [7, 11) is 1.36. The molecule has 0 spiro atoms. The monoisotopic (exact) mass is 290 g/mol. The third-order valence-electron chi connectivity index (χ3n) is 2.84. The summed E-state index contributed by atoms with van der Waals surface area (Å²) in [6.45, 7) is 0.552. The van der Waals surface area contributed by atoms with Crippen LogP contribution in [0.1, 0.15) is 15.9 Å². The van der Waals surface area contributed by atoms with E-state index >= 15 is 0 Å². The number of benzene rings is 2. The molecule has 4 nitrogen and oxygen atoms in total. The van der Waals surface area contributed by atoms with Crippen molar-refractivity contribution in [2.24, 2.45) is 0 Å². The minimum Gasteiger partial charge on any atom is -0.465 e. The zero-order chi connectivity index (χ0) is 14.5. The van der Waals surface area contributed by atoms with E-state index in [4.69, 9.17) is 22.1 Å². The number of hydrogen-bond acceptors (Lipinski definition) is 4. The summed E-state index contributed by atoms with van der Waals surface area (Å²) >= 11 is 5.85. The highest BCUT2D eigenvalue weighted by molar-refractivity contribution is 6.31. The zero-order valence-corrected chi connectivity index (χ0v) is 11.8. The normalized spacial score (nSPS) is 10.1. The molecule has 0 fully saturated rings. The van der Waals surface area contributed by atoms with E-state index in [0.29, 0.717) is 22.8 Å². The molecule has 2 aromatic rings. The average molecular weight is 291 g/mol. The van der Waals surface area contributed by atoms with Gasteiger partial charge in [-0.15, -0.1) is 0 Å². The van der Waals surface area contributed by atoms with Crippen LogP contribution in [0.25, 0.3) is 0 Å². The van der Waals surface area contributed by atoms with Crippen LogP contribution in [0.3, 0.4) is 0 Å². The van der Waals surface area contributed by atoms with Gasteiger partial charge < -0.3 is 15.8 Å². The van der Waals surface area contributed by atoms with Gasteiger partial charge in [-0.1, -0.05) is 23.7 Å². The maximum atomic E-state index is 11.5. The first kappa shape index (κ1) is 14.2. The second-order valence-corrected chi connectivity index (χ2v) is 4.71. The fraction of sp³-hybridized carbons (Fsp3) is 0.133. The summed E-state index contributed by atoms with van der Waals surface area (Å²) in [4.78, 5) is 11.5. The van der Waals surface area contributed by atoms with Crippen LogP contribution >= 0.6 is 11.6 Å². The number of nitrogens with two attached hydrogens (primary N) is 1. The lowest BCUT2D eigenvalue weighted by atomic mass is 10.1. The molecule has 2 rings (SSSR count). The van der Waals surface area contributed by atoms with Gasteiger partial charge in [0.15, 0.2) is 0 Å². The minimum atomic E-state index is -0.349. The van der Waals surface area contributed by atoms with E-state index < -0.39 is 0 Å². The fourth-order valence-corrected chi connectivity index (χ4v) is 2.00. The lowest BCUT2D eigenvalue weighted by Crippen LogP contribution is -2.05. The number of rotatable bonds is 4. The Morgan fingerprint density at radius 1 is 1.30 bits per heavy atom. The number of carbonyl (C=O) groups excluding carboxylic acids is 1. The highest BCUT2D eigenvalue weighted by atomic mass is 35.5. The topological polar surface area (TPSA) is 64.3 Å². The van der Waals surface area contributed by atoms with Crippen LogP contribution in [0, 0.1) is 0 Å². The Hall–Kier alpha value is -2.20. The van der Waals surface area contributed by atoms with Gasteiger partial charge >= 0.3 is 5.97 Å². The molecule has 0 aliphatic carbocycles. The van der Waals surface area contributed by atoms with Crippen LogP contribution in [0.2, 0.25) is 5.02 Å². The lowest BCUT2D eigenvalue weighted by molar-refractivity contribution is 0.0600. The second kappa shape index (κ2) is 6.30. The van der Waals surface area contributed by atoms with Gasteiger partial charge in [0.1, 0.15) is 0 Å². The van der Waals surface area contributed by atoms with Gasteiger partial charge in [-0.2, -0.15) is 0 Å². The molecule has 0 aliphatic heterocycles. The van der Waals surface area contributed by atoms with Crippen molar-refractivity contribution < 1.29 is 9.53 Å². The van der Waals surface area contributed by atoms with Crippen molar-refractivity contribution in [1.29, 1.82) is 0 Å². The molecule has 20 heavy (non-hydrogen) atoms. The second-order valence-electron chi connectivity index (χ2n) is 4.28. The van der Waals surface area contributed by atoms with E-state index in [2.05, 4.69) is 5.32 Å². The molecule has 0 amide bonds. The van der Waals surface area contributed by atoms with Crippen LogP contribution in [-0.2, 0) is 11.3 Å². The fourth-order valence-electron chi connectivity index (χ4n) is 1.82. The largest absolute Gasteiger partial charge is 0.465 e. The molecule has 104 valence electrons. The Labute approximate surface area is 122 Å². The van der Waals surface area contributed by atoms with Crippen LogP contribution < -0.4 is 11.1 Å². The number of nitrogens with one attached hydrogen (secondary N) is 1. The summed E-state index contributed by atoms with van der Waals surface area (Å²) in [5.41, 5.74) is 8.74. The predicted molar refractivity (Wildman–Crippen MR) is 81.0 cm³/mol. The van der Waals surface area contributed by atoms with Gasteiger partial charge in [-0.3, -0.25) is 0 Å². The van der Waals surface area contributed by atoms with Gasteiger partial charge in [-0.25, -0.2) is 4.79 Å². The van der Waals surface area contributed by atoms with E-state index in [1.54, 1.807) is 24.3 Å². The quantitative estimate of drug-likeness (QED) is 0.670. The third-order valence-corrected chi connectivity index (χ3v) is 3.08. The Kier molecular flexibility index (Phi) is 4.48. The number of anilines is 2. The summed E-state index contributed by atoms with van der Waals surface area (Å²) < 4.78 is 4.69. The summed E-state index contributed by atoms with van der Waals surface area (Å²) in [6, 6.07) is 12.5. The molecule has 0 unspecified atom stereocenters. The molecule has 0 radical (unpaired) electrons. The SMILES string of the molecule is COC(=O)c1cccc(CNc2ccc(Cl)cc2N)c1. The summed E-state index contributed by atoms with van der Waals surface area (Å²) in [6.07, 6.45) is 0. The molecule has 0 saturated carbocycles. The molecule has 2 aromatic carbocycles. The van der Waals surface area contributed by atoms with Crippen molar-refractivity contribution in [2.75, 3.05) is 18.2 Å².